The first-order valence-corrected chi connectivity index (χ1v) is 8.57. The van der Waals surface area contributed by atoms with E-state index in [0.29, 0.717) is 18.8 Å². The number of aromatic nitrogens is 4. The molecule has 8 nitrogen and oxygen atoms in total. The highest BCUT2D eigenvalue weighted by atomic mass is 16.2. The van der Waals surface area contributed by atoms with Gasteiger partial charge in [0.1, 0.15) is 5.54 Å². The van der Waals surface area contributed by atoms with Crippen molar-refractivity contribution in [1.82, 2.24) is 30.4 Å². The normalized spacial score (nSPS) is 20.2. The van der Waals surface area contributed by atoms with E-state index >= 15 is 0 Å². The van der Waals surface area contributed by atoms with Crippen LogP contribution >= 0.6 is 0 Å². The van der Waals surface area contributed by atoms with E-state index in [1.165, 1.54) is 4.90 Å². The molecule has 1 aliphatic heterocycles. The van der Waals surface area contributed by atoms with Crippen LogP contribution in [0.25, 0.3) is 0 Å². The summed E-state index contributed by atoms with van der Waals surface area (Å²) in [5, 5.41) is 14.4. The Morgan fingerprint density at radius 1 is 1.12 bits per heavy atom. The predicted octanol–water partition coefficient (Wildman–Crippen LogP) is 1.83. The first-order valence-electron chi connectivity index (χ1n) is 8.57. The summed E-state index contributed by atoms with van der Waals surface area (Å²) in [6.07, 6.45) is 2.17. The smallest absolute Gasteiger partial charge is 0.319 e. The zero-order chi connectivity index (χ0) is 17.9. The maximum Gasteiger partial charge on any atom is 0.325 e. The van der Waals surface area contributed by atoms with Crippen LogP contribution in [0.4, 0.5) is 4.79 Å². The molecule has 0 aliphatic carbocycles. The van der Waals surface area contributed by atoms with Gasteiger partial charge in [0.2, 0.25) is 0 Å². The zero-order valence-corrected chi connectivity index (χ0v) is 14.5. The van der Waals surface area contributed by atoms with Gasteiger partial charge in [0.25, 0.3) is 5.91 Å². The quantitative estimate of drug-likeness (QED) is 0.775. The van der Waals surface area contributed by atoms with E-state index < -0.39 is 11.6 Å². The van der Waals surface area contributed by atoms with Gasteiger partial charge in [0, 0.05) is 6.54 Å². The summed E-state index contributed by atoms with van der Waals surface area (Å²) in [5.41, 5.74) is -0.221. The Morgan fingerprint density at radius 3 is 2.56 bits per heavy atom. The van der Waals surface area contributed by atoms with E-state index in [9.17, 15) is 9.59 Å². The number of tetrazole rings is 1. The first kappa shape index (κ1) is 17.1. The van der Waals surface area contributed by atoms with Crippen LogP contribution in [0.2, 0.25) is 0 Å². The fourth-order valence-corrected chi connectivity index (χ4v) is 3.24. The third kappa shape index (κ3) is 2.99. The minimum absolute atomic E-state index is 0.0654. The summed E-state index contributed by atoms with van der Waals surface area (Å²) in [6.45, 7) is 4.72. The van der Waals surface area contributed by atoms with Crippen molar-refractivity contribution < 1.29 is 9.59 Å². The van der Waals surface area contributed by atoms with Crippen LogP contribution in [0.1, 0.15) is 44.5 Å². The van der Waals surface area contributed by atoms with Gasteiger partial charge in [-0.1, -0.05) is 50.6 Å². The maximum absolute atomic E-state index is 13.2. The van der Waals surface area contributed by atoms with Crippen LogP contribution in [0, 0.1) is 0 Å². The molecule has 2 heterocycles. The molecule has 2 aromatic rings. The van der Waals surface area contributed by atoms with E-state index in [2.05, 4.69) is 20.8 Å². The molecule has 25 heavy (non-hydrogen) atoms. The van der Waals surface area contributed by atoms with Gasteiger partial charge in [0.05, 0.1) is 6.54 Å². The Bertz CT molecular complexity index is 760. The lowest BCUT2D eigenvalue weighted by Gasteiger charge is -2.26. The molecule has 132 valence electrons. The molecule has 0 unspecified atom stereocenters. The second kappa shape index (κ2) is 7.00. The molecule has 8 heteroatoms. The van der Waals surface area contributed by atoms with Crippen molar-refractivity contribution >= 4 is 11.9 Å². The molecule has 3 rings (SSSR count). The highest BCUT2D eigenvalue weighted by Crippen LogP contribution is 2.34. The first-order chi connectivity index (χ1) is 12.1. The average Bonchev–Trinajstić information content (AvgIpc) is 3.15. The molecule has 0 spiro atoms. The molecule has 3 amide bonds. The Labute approximate surface area is 146 Å². The highest BCUT2D eigenvalue weighted by molar-refractivity contribution is 6.07. The zero-order valence-electron chi connectivity index (χ0n) is 14.5. The topological polar surface area (TPSA) is 93.0 Å². The number of rotatable bonds is 7. The van der Waals surface area contributed by atoms with Crippen LogP contribution in [-0.4, -0.2) is 37.0 Å². The third-order valence-corrected chi connectivity index (χ3v) is 4.41. The minimum Gasteiger partial charge on any atom is -0.319 e. The molecule has 1 N–H and O–H groups in total. The standard InChI is InChI=1S/C17H22N6O2/c1-3-10-17(13-8-6-5-7-9-13)15(24)22(16(25)18-17)12-14-19-20-21-23(14)11-4-2/h5-9H,3-4,10-12H2,1-2H3,(H,18,25)/t17-/m0/s1. The van der Waals surface area contributed by atoms with Crippen molar-refractivity contribution in [1.29, 1.82) is 0 Å². The summed E-state index contributed by atoms with van der Waals surface area (Å²) >= 11 is 0. The van der Waals surface area contributed by atoms with E-state index in [1.54, 1.807) is 4.68 Å². The fourth-order valence-electron chi connectivity index (χ4n) is 3.24. The molecular formula is C17H22N6O2. The van der Waals surface area contributed by atoms with Crippen molar-refractivity contribution in [2.24, 2.45) is 0 Å². The van der Waals surface area contributed by atoms with Crippen LogP contribution in [0.15, 0.2) is 30.3 Å². The number of nitrogens with zero attached hydrogens (tertiary/aromatic N) is 5. The minimum atomic E-state index is -1.02. The molecule has 0 saturated carbocycles. The second-order valence-corrected chi connectivity index (χ2v) is 6.16. The number of aryl methyl sites for hydroxylation is 1. The van der Waals surface area contributed by atoms with Gasteiger partial charge in [0.15, 0.2) is 5.82 Å². The highest BCUT2D eigenvalue weighted by Gasteiger charge is 2.51. The monoisotopic (exact) mass is 342 g/mol. The van der Waals surface area contributed by atoms with Crippen molar-refractivity contribution in [3.05, 3.63) is 41.7 Å². The summed E-state index contributed by atoms with van der Waals surface area (Å²) in [5.74, 6) is 0.252. The number of hydrogen-bond donors (Lipinski definition) is 1. The van der Waals surface area contributed by atoms with Gasteiger partial charge < -0.3 is 5.32 Å². The number of hydrogen-bond acceptors (Lipinski definition) is 5. The lowest BCUT2D eigenvalue weighted by molar-refractivity contribution is -0.132. The van der Waals surface area contributed by atoms with E-state index in [0.717, 1.165) is 18.4 Å². The molecule has 1 aliphatic rings. The lowest BCUT2D eigenvalue weighted by atomic mass is 9.85. The lowest BCUT2D eigenvalue weighted by Crippen LogP contribution is -2.43. The van der Waals surface area contributed by atoms with E-state index in [1.807, 2.05) is 44.2 Å². The van der Waals surface area contributed by atoms with Gasteiger partial charge in [-0.25, -0.2) is 9.48 Å². The van der Waals surface area contributed by atoms with Crippen molar-refractivity contribution in [2.75, 3.05) is 0 Å². The number of nitrogens with one attached hydrogen (secondary N) is 1. The number of imide groups is 1. The van der Waals surface area contributed by atoms with Crippen LogP contribution in [0.3, 0.4) is 0 Å². The molecule has 1 fully saturated rings. The van der Waals surface area contributed by atoms with Crippen molar-refractivity contribution in [3.63, 3.8) is 0 Å². The van der Waals surface area contributed by atoms with Gasteiger partial charge in [-0.3, -0.25) is 9.69 Å². The molecule has 1 saturated heterocycles. The maximum atomic E-state index is 13.2. The summed E-state index contributed by atoms with van der Waals surface area (Å²) in [7, 11) is 0. The molecule has 0 radical (unpaired) electrons. The van der Waals surface area contributed by atoms with E-state index in [-0.39, 0.29) is 12.5 Å². The molecular weight excluding hydrogens is 320 g/mol. The molecule has 1 aromatic carbocycles. The number of urea groups is 1. The summed E-state index contributed by atoms with van der Waals surface area (Å²) in [6, 6.07) is 8.97. The van der Waals surface area contributed by atoms with Crippen LogP contribution in [-0.2, 0) is 23.4 Å². The summed E-state index contributed by atoms with van der Waals surface area (Å²) in [4.78, 5) is 27.0. The predicted molar refractivity (Wildman–Crippen MR) is 90.2 cm³/mol. The van der Waals surface area contributed by atoms with Gasteiger partial charge >= 0.3 is 6.03 Å². The Balaban J connectivity index is 1.91. The summed E-state index contributed by atoms with van der Waals surface area (Å²) < 4.78 is 1.63. The van der Waals surface area contributed by atoms with Gasteiger partial charge in [-0.05, 0) is 28.8 Å². The Kier molecular flexibility index (Phi) is 4.78. The third-order valence-electron chi connectivity index (χ3n) is 4.41. The van der Waals surface area contributed by atoms with Crippen LogP contribution in [0.5, 0.6) is 0 Å². The molecule has 0 bridgehead atoms. The van der Waals surface area contributed by atoms with Crippen molar-refractivity contribution in [2.45, 2.75) is 51.7 Å². The fraction of sp³-hybridized carbons (Fsp3) is 0.471. The SMILES string of the molecule is CCCn1nnnc1CN1C(=O)N[C@@](CCC)(c2ccccc2)C1=O. The Morgan fingerprint density at radius 2 is 1.88 bits per heavy atom. The number of benzene rings is 1. The molecule has 1 atom stereocenters. The number of carbonyl (C=O) groups excluding carboxylic acids is 2. The van der Waals surface area contributed by atoms with E-state index in [4.69, 9.17) is 0 Å². The van der Waals surface area contributed by atoms with Crippen molar-refractivity contribution in [3.8, 4) is 0 Å². The number of amides is 3. The van der Waals surface area contributed by atoms with Gasteiger partial charge in [-0.15, -0.1) is 5.10 Å². The average molecular weight is 342 g/mol. The molecule has 1 aromatic heterocycles. The largest absolute Gasteiger partial charge is 0.325 e. The Hall–Kier alpha value is -2.77. The van der Waals surface area contributed by atoms with Gasteiger partial charge in [-0.2, -0.15) is 0 Å². The second-order valence-electron chi connectivity index (χ2n) is 6.16. The van der Waals surface area contributed by atoms with Crippen LogP contribution < -0.4 is 5.32 Å². The number of carbonyl (C=O) groups is 2.